The molecule has 0 spiro atoms. The summed E-state index contributed by atoms with van der Waals surface area (Å²) in [6.07, 6.45) is 2.28. The molecule has 2 aliphatic heterocycles. The number of nitrogens with zero attached hydrogens (tertiary/aromatic N) is 2. The molecule has 0 saturated carbocycles. The van der Waals surface area contributed by atoms with Gasteiger partial charge in [0.25, 0.3) is 5.91 Å². The van der Waals surface area contributed by atoms with Crippen LogP contribution in [-0.2, 0) is 9.59 Å². The Hall–Kier alpha value is -3.15. The van der Waals surface area contributed by atoms with Crippen LogP contribution in [0.4, 0.5) is 11.4 Å². The lowest BCUT2D eigenvalue weighted by Gasteiger charge is -2.30. The van der Waals surface area contributed by atoms with Crippen molar-refractivity contribution in [1.82, 2.24) is 4.90 Å². The highest BCUT2D eigenvalue weighted by atomic mass is 16.2. The topological polar surface area (TPSA) is 69.7 Å². The van der Waals surface area contributed by atoms with Gasteiger partial charge in [0, 0.05) is 43.0 Å². The van der Waals surface area contributed by atoms with Gasteiger partial charge in [-0.2, -0.15) is 0 Å². The molecule has 2 aromatic rings. The molecule has 2 aromatic carbocycles. The Labute approximate surface area is 176 Å². The normalized spacial score (nSPS) is 19.8. The monoisotopic (exact) mass is 405 g/mol. The van der Waals surface area contributed by atoms with Crippen molar-refractivity contribution in [3.63, 3.8) is 0 Å². The molecule has 1 atom stereocenters. The maximum Gasteiger partial charge on any atom is 0.253 e. The van der Waals surface area contributed by atoms with Gasteiger partial charge >= 0.3 is 0 Å². The van der Waals surface area contributed by atoms with Crippen LogP contribution in [0.15, 0.2) is 54.6 Å². The van der Waals surface area contributed by atoms with E-state index >= 15 is 0 Å². The zero-order chi connectivity index (χ0) is 21.1. The first kappa shape index (κ1) is 20.1. The number of hydrogen-bond acceptors (Lipinski definition) is 3. The SMILES string of the molecule is CC1CCN(C(=O)c2ccc(NC(=O)C3CC(=O)N(c4ccccc4)C3)cc2)CC1. The van der Waals surface area contributed by atoms with Crippen molar-refractivity contribution >= 4 is 29.1 Å². The van der Waals surface area contributed by atoms with Crippen LogP contribution in [0.3, 0.4) is 0 Å². The Morgan fingerprint density at radius 2 is 1.63 bits per heavy atom. The van der Waals surface area contributed by atoms with Crippen LogP contribution in [0.5, 0.6) is 0 Å². The van der Waals surface area contributed by atoms with Gasteiger partial charge in [-0.25, -0.2) is 0 Å². The van der Waals surface area contributed by atoms with Gasteiger partial charge in [0.2, 0.25) is 11.8 Å². The summed E-state index contributed by atoms with van der Waals surface area (Å²) in [6.45, 7) is 4.19. The van der Waals surface area contributed by atoms with Gasteiger partial charge in [0.05, 0.1) is 5.92 Å². The number of hydrogen-bond donors (Lipinski definition) is 1. The predicted molar refractivity (Wildman–Crippen MR) is 116 cm³/mol. The Kier molecular flexibility index (Phi) is 5.84. The standard InChI is InChI=1S/C24H27N3O3/c1-17-11-13-26(14-12-17)24(30)18-7-9-20(10-8-18)25-23(29)19-15-22(28)27(16-19)21-5-3-2-4-6-21/h2-10,17,19H,11-16H2,1H3,(H,25,29). The molecule has 156 valence electrons. The van der Waals surface area contributed by atoms with E-state index < -0.39 is 5.92 Å². The Morgan fingerprint density at radius 1 is 0.967 bits per heavy atom. The molecule has 2 fully saturated rings. The van der Waals surface area contributed by atoms with Crippen molar-refractivity contribution in [1.29, 1.82) is 0 Å². The molecule has 3 amide bonds. The summed E-state index contributed by atoms with van der Waals surface area (Å²) in [4.78, 5) is 41.2. The van der Waals surface area contributed by atoms with Crippen molar-refractivity contribution < 1.29 is 14.4 Å². The highest BCUT2D eigenvalue weighted by Gasteiger charge is 2.35. The molecule has 30 heavy (non-hydrogen) atoms. The lowest BCUT2D eigenvalue weighted by atomic mass is 9.98. The predicted octanol–water partition coefficient (Wildman–Crippen LogP) is 3.55. The summed E-state index contributed by atoms with van der Waals surface area (Å²) in [5, 5.41) is 2.89. The first-order valence-corrected chi connectivity index (χ1v) is 10.6. The average Bonchev–Trinajstić information content (AvgIpc) is 3.17. The van der Waals surface area contributed by atoms with Gasteiger partial charge in [-0.1, -0.05) is 25.1 Å². The number of amides is 3. The number of carbonyl (C=O) groups is 3. The number of piperidine rings is 1. The van der Waals surface area contributed by atoms with E-state index in [0.717, 1.165) is 31.6 Å². The van der Waals surface area contributed by atoms with E-state index in [9.17, 15) is 14.4 Å². The molecule has 1 N–H and O–H groups in total. The summed E-state index contributed by atoms with van der Waals surface area (Å²) in [6, 6.07) is 16.4. The van der Waals surface area contributed by atoms with E-state index in [4.69, 9.17) is 0 Å². The number of benzene rings is 2. The zero-order valence-electron chi connectivity index (χ0n) is 17.2. The largest absolute Gasteiger partial charge is 0.339 e. The molecule has 2 aliphatic rings. The van der Waals surface area contributed by atoms with Gasteiger partial charge in [-0.15, -0.1) is 0 Å². The second-order valence-corrected chi connectivity index (χ2v) is 8.28. The van der Waals surface area contributed by atoms with Crippen LogP contribution in [0.1, 0.15) is 36.5 Å². The molecule has 4 rings (SSSR count). The van der Waals surface area contributed by atoms with Crippen molar-refractivity contribution in [3.8, 4) is 0 Å². The van der Waals surface area contributed by atoms with E-state index in [0.29, 0.717) is 23.7 Å². The fourth-order valence-corrected chi connectivity index (χ4v) is 4.08. The maximum absolute atomic E-state index is 12.7. The van der Waals surface area contributed by atoms with Crippen molar-refractivity contribution in [2.45, 2.75) is 26.2 Å². The van der Waals surface area contributed by atoms with E-state index in [2.05, 4.69) is 12.2 Å². The smallest absolute Gasteiger partial charge is 0.253 e. The summed E-state index contributed by atoms with van der Waals surface area (Å²) < 4.78 is 0. The molecule has 2 saturated heterocycles. The molecule has 0 aliphatic carbocycles. The molecule has 2 heterocycles. The van der Waals surface area contributed by atoms with Gasteiger partial charge in [-0.3, -0.25) is 14.4 Å². The lowest BCUT2D eigenvalue weighted by Crippen LogP contribution is -2.37. The van der Waals surface area contributed by atoms with Crippen molar-refractivity contribution in [3.05, 3.63) is 60.2 Å². The van der Waals surface area contributed by atoms with Gasteiger partial charge in [0.1, 0.15) is 0 Å². The molecule has 6 heteroatoms. The van der Waals surface area contributed by atoms with E-state index in [1.165, 1.54) is 0 Å². The molecule has 0 bridgehead atoms. The third-order valence-electron chi connectivity index (χ3n) is 6.03. The van der Waals surface area contributed by atoms with E-state index in [1.807, 2.05) is 35.2 Å². The molecule has 0 aromatic heterocycles. The number of likely N-dealkylation sites (tertiary alicyclic amines) is 1. The van der Waals surface area contributed by atoms with Crippen LogP contribution >= 0.6 is 0 Å². The van der Waals surface area contributed by atoms with Crippen LogP contribution in [-0.4, -0.2) is 42.3 Å². The van der Waals surface area contributed by atoms with Gasteiger partial charge < -0.3 is 15.1 Å². The second kappa shape index (κ2) is 8.69. The molecular formula is C24H27N3O3. The third kappa shape index (κ3) is 4.37. The number of anilines is 2. The van der Waals surface area contributed by atoms with Crippen LogP contribution < -0.4 is 10.2 Å². The van der Waals surface area contributed by atoms with Gasteiger partial charge in [0.15, 0.2) is 0 Å². The average molecular weight is 405 g/mol. The maximum atomic E-state index is 12.7. The number of carbonyl (C=O) groups excluding carboxylic acids is 3. The summed E-state index contributed by atoms with van der Waals surface area (Å²) >= 11 is 0. The van der Waals surface area contributed by atoms with E-state index in [-0.39, 0.29) is 24.1 Å². The highest BCUT2D eigenvalue weighted by molar-refractivity contribution is 6.03. The Bertz CT molecular complexity index is 918. The fourth-order valence-electron chi connectivity index (χ4n) is 4.08. The first-order valence-electron chi connectivity index (χ1n) is 10.6. The summed E-state index contributed by atoms with van der Waals surface area (Å²) in [5.41, 5.74) is 2.08. The molecule has 6 nitrogen and oxygen atoms in total. The number of para-hydroxylation sites is 1. The Balaban J connectivity index is 1.35. The van der Waals surface area contributed by atoms with Crippen LogP contribution in [0.25, 0.3) is 0 Å². The number of nitrogens with one attached hydrogen (secondary N) is 1. The quantitative estimate of drug-likeness (QED) is 0.846. The van der Waals surface area contributed by atoms with Gasteiger partial charge in [-0.05, 0) is 55.2 Å². The van der Waals surface area contributed by atoms with E-state index in [1.54, 1.807) is 29.2 Å². The summed E-state index contributed by atoms with van der Waals surface area (Å²) in [5.74, 6) is 0.102. The molecular weight excluding hydrogens is 378 g/mol. The minimum atomic E-state index is -0.394. The lowest BCUT2D eigenvalue weighted by molar-refractivity contribution is -0.122. The first-order chi connectivity index (χ1) is 14.5. The summed E-state index contributed by atoms with van der Waals surface area (Å²) in [7, 11) is 0. The highest BCUT2D eigenvalue weighted by Crippen LogP contribution is 2.26. The van der Waals surface area contributed by atoms with Crippen molar-refractivity contribution in [2.24, 2.45) is 11.8 Å². The number of rotatable bonds is 4. The fraction of sp³-hybridized carbons (Fsp3) is 0.375. The molecule has 0 radical (unpaired) electrons. The van der Waals surface area contributed by atoms with Crippen LogP contribution in [0, 0.1) is 11.8 Å². The molecule has 1 unspecified atom stereocenters. The zero-order valence-corrected chi connectivity index (χ0v) is 17.2. The van der Waals surface area contributed by atoms with Crippen LogP contribution in [0.2, 0.25) is 0 Å². The second-order valence-electron chi connectivity index (χ2n) is 8.28. The minimum absolute atomic E-state index is 0.0414. The minimum Gasteiger partial charge on any atom is -0.339 e. The Morgan fingerprint density at radius 3 is 2.30 bits per heavy atom. The van der Waals surface area contributed by atoms with Crippen molar-refractivity contribution in [2.75, 3.05) is 29.9 Å². The third-order valence-corrected chi connectivity index (χ3v) is 6.03.